The van der Waals surface area contributed by atoms with E-state index in [0.29, 0.717) is 38.9 Å². The molecule has 2 aromatic heterocycles. The van der Waals surface area contributed by atoms with Gasteiger partial charge in [-0.3, -0.25) is 4.79 Å². The molecule has 2 aromatic carbocycles. The van der Waals surface area contributed by atoms with Crippen LogP contribution >= 0.6 is 46.4 Å². The molecule has 0 aliphatic rings. The van der Waals surface area contributed by atoms with Crippen LogP contribution < -0.4 is 11.1 Å². The van der Waals surface area contributed by atoms with Crippen molar-refractivity contribution in [1.29, 1.82) is 0 Å². The summed E-state index contributed by atoms with van der Waals surface area (Å²) in [6, 6.07) is 10.4. The first-order valence-corrected chi connectivity index (χ1v) is 11.0. The first kappa shape index (κ1) is 24.9. The molecular weight excluding hydrogens is 510 g/mol. The Kier molecular flexibility index (Phi) is 8.65. The van der Waals surface area contributed by atoms with E-state index in [1.54, 1.807) is 52.1 Å². The quantitative estimate of drug-likeness (QED) is 0.401. The molecule has 0 unspecified atom stereocenters. The summed E-state index contributed by atoms with van der Waals surface area (Å²) in [5.41, 5.74) is 8.38. The summed E-state index contributed by atoms with van der Waals surface area (Å²) < 4.78 is 3.17. The predicted molar refractivity (Wildman–Crippen MR) is 128 cm³/mol. The molecule has 3 N–H and O–H groups in total. The number of nitrogens with zero attached hydrogens (tertiary/aromatic N) is 6. The minimum atomic E-state index is -0.112. The summed E-state index contributed by atoms with van der Waals surface area (Å²) in [4.78, 5) is 10.8. The number of amides is 1. The summed E-state index contributed by atoms with van der Waals surface area (Å²) in [5.74, 6) is -0.112. The lowest BCUT2D eigenvalue weighted by Crippen LogP contribution is -2.19. The van der Waals surface area contributed by atoms with Crippen LogP contribution in [0.25, 0.3) is 11.4 Å². The molecule has 4 aromatic rings. The zero-order chi connectivity index (χ0) is 24.0. The van der Waals surface area contributed by atoms with Crippen molar-refractivity contribution in [2.75, 3.05) is 0 Å². The Morgan fingerprint density at radius 3 is 1.76 bits per heavy atom. The Bertz CT molecular complexity index is 1260. The van der Waals surface area contributed by atoms with Crippen LogP contribution in [0.3, 0.4) is 0 Å². The Morgan fingerprint density at radius 1 is 0.848 bits per heavy atom. The standard InChI is InChI=1S/C11H10Cl2N4O.C9H8Cl2N4/c1-7(18)14-5-8-6-17(16-15-8)9-2-3-10(12)11(13)4-9;10-8-2-1-7(3-9(8)11)15-5-6(4-12)13-14-15/h2-4,6H,5H2,1H3,(H,14,18);1-3,5H,4,12H2. The van der Waals surface area contributed by atoms with E-state index in [4.69, 9.17) is 52.1 Å². The zero-order valence-corrected chi connectivity index (χ0v) is 20.2. The Hall–Kier alpha value is -2.69. The van der Waals surface area contributed by atoms with E-state index in [1.165, 1.54) is 6.92 Å². The van der Waals surface area contributed by atoms with Gasteiger partial charge in [0.25, 0.3) is 0 Å². The number of aromatic nitrogens is 6. The molecule has 33 heavy (non-hydrogen) atoms. The van der Waals surface area contributed by atoms with Gasteiger partial charge in [-0.15, -0.1) is 10.2 Å². The molecule has 9 nitrogen and oxygen atoms in total. The first-order valence-electron chi connectivity index (χ1n) is 9.44. The van der Waals surface area contributed by atoms with Crippen molar-refractivity contribution >= 4 is 52.3 Å². The van der Waals surface area contributed by atoms with Gasteiger partial charge in [0, 0.05) is 13.5 Å². The van der Waals surface area contributed by atoms with E-state index >= 15 is 0 Å². The van der Waals surface area contributed by atoms with E-state index in [1.807, 2.05) is 6.07 Å². The molecule has 13 heteroatoms. The van der Waals surface area contributed by atoms with E-state index < -0.39 is 0 Å². The van der Waals surface area contributed by atoms with Gasteiger partial charge in [0.1, 0.15) is 5.69 Å². The Balaban J connectivity index is 0.000000189. The molecule has 0 fully saturated rings. The van der Waals surface area contributed by atoms with Crippen molar-refractivity contribution < 1.29 is 4.79 Å². The highest BCUT2D eigenvalue weighted by Crippen LogP contribution is 2.25. The SMILES string of the molecule is CC(=O)NCc1cn(-c2ccc(Cl)c(Cl)c2)nn1.NCc1cn(-c2ccc(Cl)c(Cl)c2)nn1. The average molecular weight is 528 g/mol. The normalized spacial score (nSPS) is 10.5. The van der Waals surface area contributed by atoms with Gasteiger partial charge >= 0.3 is 0 Å². The number of rotatable bonds is 5. The lowest BCUT2D eigenvalue weighted by Gasteiger charge is -2.01. The van der Waals surface area contributed by atoms with Gasteiger partial charge in [-0.2, -0.15) is 0 Å². The summed E-state index contributed by atoms with van der Waals surface area (Å²) in [7, 11) is 0. The molecule has 0 radical (unpaired) electrons. The minimum absolute atomic E-state index is 0.112. The molecule has 0 aliphatic heterocycles. The summed E-state index contributed by atoms with van der Waals surface area (Å²) in [5, 5.41) is 20.3. The molecule has 172 valence electrons. The minimum Gasteiger partial charge on any atom is -0.351 e. The molecule has 0 bridgehead atoms. The first-order chi connectivity index (χ1) is 15.8. The van der Waals surface area contributed by atoms with Crippen LogP contribution in [0.5, 0.6) is 0 Å². The maximum Gasteiger partial charge on any atom is 0.217 e. The fraction of sp³-hybridized carbons (Fsp3) is 0.150. The van der Waals surface area contributed by atoms with Crippen LogP contribution in [-0.4, -0.2) is 35.9 Å². The fourth-order valence-electron chi connectivity index (χ4n) is 2.49. The van der Waals surface area contributed by atoms with Gasteiger partial charge in [0.05, 0.1) is 56.1 Å². The van der Waals surface area contributed by atoms with E-state index in [0.717, 1.165) is 17.1 Å². The largest absolute Gasteiger partial charge is 0.351 e. The number of nitrogens with two attached hydrogens (primary N) is 1. The van der Waals surface area contributed by atoms with Crippen molar-refractivity contribution in [2.24, 2.45) is 5.73 Å². The van der Waals surface area contributed by atoms with Crippen LogP contribution in [-0.2, 0) is 17.9 Å². The second-order valence-corrected chi connectivity index (χ2v) is 8.25. The van der Waals surface area contributed by atoms with Crippen molar-refractivity contribution in [3.8, 4) is 11.4 Å². The molecular formula is C20H18Cl4N8O. The maximum atomic E-state index is 10.8. The smallest absolute Gasteiger partial charge is 0.217 e. The van der Waals surface area contributed by atoms with Crippen molar-refractivity contribution in [3.05, 3.63) is 80.3 Å². The predicted octanol–water partition coefficient (Wildman–Crippen LogP) is 4.24. The van der Waals surface area contributed by atoms with Crippen molar-refractivity contribution in [2.45, 2.75) is 20.0 Å². The van der Waals surface area contributed by atoms with Gasteiger partial charge in [-0.25, -0.2) is 9.36 Å². The highest BCUT2D eigenvalue weighted by molar-refractivity contribution is 6.42. The molecule has 0 atom stereocenters. The third-order valence-electron chi connectivity index (χ3n) is 4.14. The lowest BCUT2D eigenvalue weighted by molar-refractivity contribution is -0.119. The molecule has 0 aliphatic carbocycles. The summed E-state index contributed by atoms with van der Waals surface area (Å²) >= 11 is 23.4. The van der Waals surface area contributed by atoms with Crippen LogP contribution in [0.1, 0.15) is 18.3 Å². The second-order valence-electron chi connectivity index (χ2n) is 6.62. The number of benzene rings is 2. The van der Waals surface area contributed by atoms with Crippen LogP contribution in [0.15, 0.2) is 48.8 Å². The maximum absolute atomic E-state index is 10.8. The summed E-state index contributed by atoms with van der Waals surface area (Å²) in [6.07, 6.45) is 3.47. The molecule has 4 rings (SSSR count). The van der Waals surface area contributed by atoms with E-state index in [2.05, 4.69) is 25.9 Å². The van der Waals surface area contributed by atoms with E-state index in [-0.39, 0.29) is 5.91 Å². The van der Waals surface area contributed by atoms with Crippen LogP contribution in [0, 0.1) is 0 Å². The van der Waals surface area contributed by atoms with Gasteiger partial charge < -0.3 is 11.1 Å². The molecule has 0 saturated heterocycles. The molecule has 1 amide bonds. The van der Waals surface area contributed by atoms with Crippen molar-refractivity contribution in [1.82, 2.24) is 35.3 Å². The number of nitrogens with one attached hydrogen (secondary N) is 1. The average Bonchev–Trinajstić information content (AvgIpc) is 3.46. The fourth-order valence-corrected chi connectivity index (χ4v) is 3.08. The number of carbonyl (C=O) groups is 1. The highest BCUT2D eigenvalue weighted by atomic mass is 35.5. The van der Waals surface area contributed by atoms with Crippen LogP contribution in [0.4, 0.5) is 0 Å². The highest BCUT2D eigenvalue weighted by Gasteiger charge is 2.06. The topological polar surface area (TPSA) is 117 Å². The van der Waals surface area contributed by atoms with Crippen molar-refractivity contribution in [3.63, 3.8) is 0 Å². The number of carbonyl (C=O) groups excluding carboxylic acids is 1. The third kappa shape index (κ3) is 6.89. The van der Waals surface area contributed by atoms with E-state index in [9.17, 15) is 4.79 Å². The van der Waals surface area contributed by atoms with Gasteiger partial charge in [0.15, 0.2) is 0 Å². The summed E-state index contributed by atoms with van der Waals surface area (Å²) in [6.45, 7) is 2.15. The molecule has 0 saturated carbocycles. The van der Waals surface area contributed by atoms with Gasteiger partial charge in [-0.1, -0.05) is 56.8 Å². The second kappa shape index (κ2) is 11.4. The Morgan fingerprint density at radius 2 is 1.33 bits per heavy atom. The monoisotopic (exact) mass is 526 g/mol. The molecule has 2 heterocycles. The Labute approximate surface area is 209 Å². The lowest BCUT2D eigenvalue weighted by atomic mass is 10.3. The molecule has 0 spiro atoms. The number of halogens is 4. The van der Waals surface area contributed by atoms with Gasteiger partial charge in [0.2, 0.25) is 5.91 Å². The third-order valence-corrected chi connectivity index (χ3v) is 5.62. The number of hydrogen-bond donors (Lipinski definition) is 2. The van der Waals surface area contributed by atoms with Crippen LogP contribution in [0.2, 0.25) is 20.1 Å². The van der Waals surface area contributed by atoms with Gasteiger partial charge in [-0.05, 0) is 36.4 Å². The zero-order valence-electron chi connectivity index (χ0n) is 17.2. The number of hydrogen-bond acceptors (Lipinski definition) is 6.